The maximum atomic E-state index is 13.2. The standard InChI is InChI=1S/C22H27N3O3/c1-24-12-10-15(11-13-24)25-21(17-6-4-5-7-19(17)23-22(25)26)18-9-8-16(27-2)14-20(18)28-3/h4-9,14-15,21H,10-13H2,1-3H3,(H,23,26). The molecule has 2 aromatic carbocycles. The van der Waals surface area contributed by atoms with Gasteiger partial charge in [-0.3, -0.25) is 0 Å². The lowest BCUT2D eigenvalue weighted by molar-refractivity contribution is 0.118. The van der Waals surface area contributed by atoms with Gasteiger partial charge in [0.1, 0.15) is 11.5 Å². The fourth-order valence-corrected chi connectivity index (χ4v) is 4.31. The Kier molecular flexibility index (Phi) is 5.13. The van der Waals surface area contributed by atoms with Crippen molar-refractivity contribution >= 4 is 11.7 Å². The number of hydrogen-bond donors (Lipinski definition) is 1. The third-order valence-electron chi connectivity index (χ3n) is 5.83. The Morgan fingerprint density at radius 3 is 2.46 bits per heavy atom. The van der Waals surface area contributed by atoms with E-state index in [-0.39, 0.29) is 18.1 Å². The summed E-state index contributed by atoms with van der Waals surface area (Å²) < 4.78 is 11.1. The molecule has 0 radical (unpaired) electrons. The minimum absolute atomic E-state index is 0.0453. The van der Waals surface area contributed by atoms with Crippen LogP contribution in [-0.4, -0.2) is 56.2 Å². The van der Waals surface area contributed by atoms with Gasteiger partial charge in [0.2, 0.25) is 0 Å². The molecule has 6 heteroatoms. The monoisotopic (exact) mass is 381 g/mol. The van der Waals surface area contributed by atoms with Crippen LogP contribution >= 0.6 is 0 Å². The van der Waals surface area contributed by atoms with E-state index in [1.807, 2.05) is 41.3 Å². The summed E-state index contributed by atoms with van der Waals surface area (Å²) in [5, 5.41) is 3.09. The highest BCUT2D eigenvalue weighted by Crippen LogP contribution is 2.44. The molecule has 2 aliphatic rings. The van der Waals surface area contributed by atoms with Gasteiger partial charge >= 0.3 is 6.03 Å². The van der Waals surface area contributed by atoms with Gasteiger partial charge in [-0.15, -0.1) is 0 Å². The molecule has 2 heterocycles. The van der Waals surface area contributed by atoms with Crippen LogP contribution in [0.15, 0.2) is 42.5 Å². The average Bonchev–Trinajstić information content (AvgIpc) is 2.73. The highest BCUT2D eigenvalue weighted by Gasteiger charge is 2.40. The average molecular weight is 381 g/mol. The molecule has 4 rings (SSSR count). The van der Waals surface area contributed by atoms with E-state index in [9.17, 15) is 4.79 Å². The van der Waals surface area contributed by atoms with Gasteiger partial charge in [-0.2, -0.15) is 0 Å². The Hall–Kier alpha value is -2.73. The summed E-state index contributed by atoms with van der Waals surface area (Å²) in [7, 11) is 5.43. The van der Waals surface area contributed by atoms with Crippen LogP contribution in [0.1, 0.15) is 30.0 Å². The maximum Gasteiger partial charge on any atom is 0.322 e. The number of nitrogens with one attached hydrogen (secondary N) is 1. The molecule has 148 valence electrons. The largest absolute Gasteiger partial charge is 0.497 e. The van der Waals surface area contributed by atoms with Crippen molar-refractivity contribution in [1.29, 1.82) is 0 Å². The van der Waals surface area contributed by atoms with Crippen molar-refractivity contribution in [3.8, 4) is 11.5 Å². The number of piperidine rings is 1. The molecule has 0 bridgehead atoms. The van der Waals surface area contributed by atoms with Crippen molar-refractivity contribution in [2.75, 3.05) is 39.7 Å². The molecule has 2 aromatic rings. The second-order valence-electron chi connectivity index (χ2n) is 7.47. The minimum atomic E-state index is -0.195. The molecule has 0 aromatic heterocycles. The predicted octanol–water partition coefficient (Wildman–Crippen LogP) is 3.73. The number of ether oxygens (including phenoxy) is 2. The molecule has 1 fully saturated rings. The van der Waals surface area contributed by atoms with Crippen LogP contribution < -0.4 is 14.8 Å². The molecule has 1 unspecified atom stereocenters. The summed E-state index contributed by atoms with van der Waals surface area (Å²) >= 11 is 0. The van der Waals surface area contributed by atoms with Crippen molar-refractivity contribution < 1.29 is 14.3 Å². The number of likely N-dealkylation sites (tertiary alicyclic amines) is 1. The smallest absolute Gasteiger partial charge is 0.322 e. The van der Waals surface area contributed by atoms with Crippen LogP contribution in [0.5, 0.6) is 11.5 Å². The Balaban J connectivity index is 1.83. The Morgan fingerprint density at radius 2 is 1.75 bits per heavy atom. The zero-order valence-corrected chi connectivity index (χ0v) is 16.6. The first kappa shape index (κ1) is 18.6. The van der Waals surface area contributed by atoms with Crippen molar-refractivity contribution in [3.63, 3.8) is 0 Å². The van der Waals surface area contributed by atoms with Crippen molar-refractivity contribution in [2.45, 2.75) is 24.9 Å². The van der Waals surface area contributed by atoms with E-state index >= 15 is 0 Å². The van der Waals surface area contributed by atoms with E-state index < -0.39 is 0 Å². The zero-order valence-electron chi connectivity index (χ0n) is 16.6. The first-order chi connectivity index (χ1) is 13.6. The van der Waals surface area contributed by atoms with Crippen LogP contribution in [0, 0.1) is 0 Å². The van der Waals surface area contributed by atoms with Gasteiger partial charge in [0.15, 0.2) is 0 Å². The molecule has 2 amide bonds. The third kappa shape index (κ3) is 3.29. The van der Waals surface area contributed by atoms with E-state index in [0.717, 1.165) is 54.2 Å². The quantitative estimate of drug-likeness (QED) is 0.877. The van der Waals surface area contributed by atoms with E-state index in [4.69, 9.17) is 9.47 Å². The molecular weight excluding hydrogens is 354 g/mol. The fraction of sp³-hybridized carbons (Fsp3) is 0.409. The second-order valence-corrected chi connectivity index (χ2v) is 7.47. The summed E-state index contributed by atoms with van der Waals surface area (Å²) in [6.07, 6.45) is 1.92. The number of benzene rings is 2. The SMILES string of the molecule is COc1ccc(C2c3ccccc3NC(=O)N2C2CCN(C)CC2)c(OC)c1. The molecule has 2 aliphatic heterocycles. The van der Waals surface area contributed by atoms with Gasteiger partial charge in [0.25, 0.3) is 0 Å². The summed E-state index contributed by atoms with van der Waals surface area (Å²) in [5.74, 6) is 1.46. The summed E-state index contributed by atoms with van der Waals surface area (Å²) in [4.78, 5) is 17.5. The lowest BCUT2D eigenvalue weighted by Crippen LogP contribution is -2.52. The Morgan fingerprint density at radius 1 is 1.00 bits per heavy atom. The number of urea groups is 1. The normalized spacial score (nSPS) is 20.5. The van der Waals surface area contributed by atoms with Crippen LogP contribution in [-0.2, 0) is 0 Å². The molecule has 0 aliphatic carbocycles. The highest BCUT2D eigenvalue weighted by molar-refractivity contribution is 5.94. The van der Waals surface area contributed by atoms with Crippen LogP contribution in [0.25, 0.3) is 0 Å². The predicted molar refractivity (Wildman–Crippen MR) is 109 cm³/mol. The number of fused-ring (bicyclic) bond motifs is 1. The van der Waals surface area contributed by atoms with E-state index in [1.54, 1.807) is 14.2 Å². The number of amides is 2. The van der Waals surface area contributed by atoms with Gasteiger partial charge in [-0.05, 0) is 51.2 Å². The number of para-hydroxylation sites is 1. The molecular formula is C22H27N3O3. The fourth-order valence-electron chi connectivity index (χ4n) is 4.31. The number of carbonyl (C=O) groups excluding carboxylic acids is 1. The lowest BCUT2D eigenvalue weighted by atomic mass is 9.90. The van der Waals surface area contributed by atoms with E-state index in [2.05, 4.69) is 23.3 Å². The summed E-state index contributed by atoms with van der Waals surface area (Å²) in [5.41, 5.74) is 2.92. The van der Waals surface area contributed by atoms with Gasteiger partial charge in [-0.1, -0.05) is 18.2 Å². The van der Waals surface area contributed by atoms with Gasteiger partial charge in [0.05, 0.1) is 20.3 Å². The number of nitrogens with zero attached hydrogens (tertiary/aromatic N) is 2. The molecule has 0 saturated carbocycles. The summed E-state index contributed by atoms with van der Waals surface area (Å²) in [6, 6.07) is 13.8. The Labute approximate surface area is 166 Å². The number of anilines is 1. The summed E-state index contributed by atoms with van der Waals surface area (Å²) in [6.45, 7) is 1.98. The topological polar surface area (TPSA) is 54.0 Å². The van der Waals surface area contributed by atoms with Gasteiger partial charge in [0, 0.05) is 28.9 Å². The van der Waals surface area contributed by atoms with Crippen molar-refractivity contribution in [2.24, 2.45) is 0 Å². The molecule has 6 nitrogen and oxygen atoms in total. The van der Waals surface area contributed by atoms with E-state index in [1.165, 1.54) is 0 Å². The van der Waals surface area contributed by atoms with Crippen LogP contribution in [0.3, 0.4) is 0 Å². The first-order valence-electron chi connectivity index (χ1n) is 9.71. The van der Waals surface area contributed by atoms with Crippen LogP contribution in [0.2, 0.25) is 0 Å². The van der Waals surface area contributed by atoms with Crippen LogP contribution in [0.4, 0.5) is 10.5 Å². The second kappa shape index (κ2) is 7.72. The molecule has 28 heavy (non-hydrogen) atoms. The number of methoxy groups -OCH3 is 2. The number of hydrogen-bond acceptors (Lipinski definition) is 4. The third-order valence-corrected chi connectivity index (χ3v) is 5.83. The molecule has 1 N–H and O–H groups in total. The number of rotatable bonds is 4. The van der Waals surface area contributed by atoms with E-state index in [0.29, 0.717) is 0 Å². The zero-order chi connectivity index (χ0) is 19.7. The molecule has 1 atom stereocenters. The maximum absolute atomic E-state index is 13.2. The number of carbonyl (C=O) groups is 1. The van der Waals surface area contributed by atoms with Crippen molar-refractivity contribution in [1.82, 2.24) is 9.80 Å². The minimum Gasteiger partial charge on any atom is -0.497 e. The van der Waals surface area contributed by atoms with Crippen molar-refractivity contribution in [3.05, 3.63) is 53.6 Å². The van der Waals surface area contributed by atoms with Gasteiger partial charge < -0.3 is 24.6 Å². The highest BCUT2D eigenvalue weighted by atomic mass is 16.5. The van der Waals surface area contributed by atoms with Gasteiger partial charge in [-0.25, -0.2) is 4.79 Å². The molecule has 1 saturated heterocycles. The molecule has 0 spiro atoms. The lowest BCUT2D eigenvalue weighted by Gasteiger charge is -2.45. The Bertz CT molecular complexity index is 862. The first-order valence-corrected chi connectivity index (χ1v) is 9.71.